The van der Waals surface area contributed by atoms with Gasteiger partial charge in [-0.1, -0.05) is 18.2 Å². The van der Waals surface area contributed by atoms with Crippen LogP contribution in [0.1, 0.15) is 17.3 Å². The minimum atomic E-state index is -0.511. The Hall–Kier alpha value is -3.35. The van der Waals surface area contributed by atoms with Crippen molar-refractivity contribution in [2.24, 2.45) is 0 Å². The number of nitro groups is 1. The molecule has 1 heterocycles. The van der Waals surface area contributed by atoms with Gasteiger partial charge in [0.1, 0.15) is 0 Å². The van der Waals surface area contributed by atoms with E-state index in [1.165, 1.54) is 32.4 Å². The average molecular weight is 323 g/mol. The van der Waals surface area contributed by atoms with Crippen LogP contribution >= 0.6 is 0 Å². The van der Waals surface area contributed by atoms with Crippen molar-refractivity contribution in [2.75, 3.05) is 7.11 Å². The molecule has 0 radical (unpaired) electrons. The number of ether oxygens (including phenoxy) is 1. The summed E-state index contributed by atoms with van der Waals surface area (Å²) < 4.78 is 5.06. The second kappa shape index (κ2) is 6.04. The number of carbonyl (C=O) groups is 1. The Morgan fingerprint density at radius 3 is 2.71 bits per heavy atom. The molecule has 0 saturated carbocycles. The lowest BCUT2D eigenvalue weighted by Gasteiger charge is -2.06. The van der Waals surface area contributed by atoms with Gasteiger partial charge >= 0.3 is 5.69 Å². The number of methoxy groups -OCH3 is 1. The Bertz CT molecular complexity index is 969. The van der Waals surface area contributed by atoms with Gasteiger partial charge in [-0.25, -0.2) is 9.97 Å². The van der Waals surface area contributed by atoms with Crippen molar-refractivity contribution in [1.29, 1.82) is 0 Å². The molecule has 1 aromatic heterocycles. The third-order valence-electron chi connectivity index (χ3n) is 3.60. The molecule has 7 heteroatoms. The molecule has 7 nitrogen and oxygen atoms in total. The van der Waals surface area contributed by atoms with E-state index in [0.717, 1.165) is 0 Å². The number of hydrogen-bond acceptors (Lipinski definition) is 6. The largest absolute Gasteiger partial charge is 0.490 e. The minimum Gasteiger partial charge on any atom is -0.490 e. The van der Waals surface area contributed by atoms with Crippen molar-refractivity contribution in [1.82, 2.24) is 9.97 Å². The lowest BCUT2D eigenvalue weighted by molar-refractivity contribution is -0.385. The minimum absolute atomic E-state index is 0.0464. The SMILES string of the molecule is COc1cc2nc(-c3cccc(C(C)=O)c3)ncc2cc1[N+](=O)[O-]. The molecule has 2 aromatic carbocycles. The highest BCUT2D eigenvalue weighted by Gasteiger charge is 2.17. The Morgan fingerprint density at radius 2 is 2.04 bits per heavy atom. The molecule has 24 heavy (non-hydrogen) atoms. The van der Waals surface area contributed by atoms with Gasteiger partial charge in [0.15, 0.2) is 17.4 Å². The van der Waals surface area contributed by atoms with Crippen LogP contribution in [-0.4, -0.2) is 27.8 Å². The summed E-state index contributed by atoms with van der Waals surface area (Å²) in [7, 11) is 1.37. The summed E-state index contributed by atoms with van der Waals surface area (Å²) in [6.45, 7) is 1.49. The van der Waals surface area contributed by atoms with Gasteiger partial charge in [0, 0.05) is 34.8 Å². The first-order chi connectivity index (χ1) is 11.5. The maximum Gasteiger partial charge on any atom is 0.311 e. The number of fused-ring (bicyclic) bond motifs is 1. The molecular formula is C17H13N3O4. The number of ketones is 1. The number of benzene rings is 2. The summed E-state index contributed by atoms with van der Waals surface area (Å²) in [4.78, 5) is 30.7. The van der Waals surface area contributed by atoms with E-state index in [2.05, 4.69) is 9.97 Å². The van der Waals surface area contributed by atoms with E-state index in [1.807, 2.05) is 0 Å². The standard InChI is InChI=1S/C17H13N3O4/c1-10(21)11-4-3-5-12(6-11)17-18-9-13-7-15(20(22)23)16(24-2)8-14(13)19-17/h3-9H,1-2H3. The topological polar surface area (TPSA) is 95.2 Å². The maximum atomic E-state index is 11.5. The van der Waals surface area contributed by atoms with Crippen LogP contribution in [0, 0.1) is 10.1 Å². The zero-order valence-corrected chi connectivity index (χ0v) is 13.0. The third-order valence-corrected chi connectivity index (χ3v) is 3.60. The van der Waals surface area contributed by atoms with Crippen LogP contribution in [0.15, 0.2) is 42.6 Å². The first-order valence-electron chi connectivity index (χ1n) is 7.10. The summed E-state index contributed by atoms with van der Waals surface area (Å²) in [5, 5.41) is 11.6. The van der Waals surface area contributed by atoms with Gasteiger partial charge in [-0.05, 0) is 13.0 Å². The van der Waals surface area contributed by atoms with Crippen LogP contribution in [0.2, 0.25) is 0 Å². The zero-order chi connectivity index (χ0) is 17.3. The van der Waals surface area contributed by atoms with Crippen LogP contribution in [0.5, 0.6) is 5.75 Å². The first-order valence-corrected chi connectivity index (χ1v) is 7.10. The number of hydrogen-bond donors (Lipinski definition) is 0. The fourth-order valence-electron chi connectivity index (χ4n) is 2.37. The molecule has 0 spiro atoms. The predicted octanol–water partition coefficient (Wildman–Crippen LogP) is 3.42. The van der Waals surface area contributed by atoms with Gasteiger partial charge in [0.2, 0.25) is 0 Å². The molecule has 3 rings (SSSR count). The van der Waals surface area contributed by atoms with Gasteiger partial charge < -0.3 is 4.74 Å². The fraction of sp³-hybridized carbons (Fsp3) is 0.118. The van der Waals surface area contributed by atoms with E-state index < -0.39 is 4.92 Å². The van der Waals surface area contributed by atoms with Crippen molar-refractivity contribution in [3.63, 3.8) is 0 Å². The van der Waals surface area contributed by atoms with Crippen molar-refractivity contribution < 1.29 is 14.5 Å². The number of Topliss-reactive ketones (excluding diaryl/α,β-unsaturated/α-hetero) is 1. The molecule has 0 aliphatic heterocycles. The smallest absolute Gasteiger partial charge is 0.311 e. The lowest BCUT2D eigenvalue weighted by atomic mass is 10.1. The third kappa shape index (κ3) is 2.79. The van der Waals surface area contributed by atoms with E-state index in [-0.39, 0.29) is 17.2 Å². The number of nitrogens with zero attached hydrogens (tertiary/aromatic N) is 3. The van der Waals surface area contributed by atoms with E-state index in [0.29, 0.717) is 27.9 Å². The molecule has 0 fully saturated rings. The van der Waals surface area contributed by atoms with Gasteiger partial charge in [0.25, 0.3) is 0 Å². The average Bonchev–Trinajstić information content (AvgIpc) is 2.60. The second-order valence-electron chi connectivity index (χ2n) is 5.17. The molecule has 0 aliphatic carbocycles. The van der Waals surface area contributed by atoms with Crippen LogP contribution in [0.3, 0.4) is 0 Å². The van der Waals surface area contributed by atoms with E-state index in [4.69, 9.17) is 4.74 Å². The molecule has 0 saturated heterocycles. The Labute approximate surface area is 137 Å². The summed E-state index contributed by atoms with van der Waals surface area (Å²) in [6.07, 6.45) is 1.52. The fourth-order valence-corrected chi connectivity index (χ4v) is 2.37. The van der Waals surface area contributed by atoms with E-state index >= 15 is 0 Å². The first kappa shape index (κ1) is 15.5. The highest BCUT2D eigenvalue weighted by molar-refractivity contribution is 5.95. The molecule has 0 bridgehead atoms. The van der Waals surface area contributed by atoms with Crippen molar-refractivity contribution in [3.05, 3.63) is 58.3 Å². The van der Waals surface area contributed by atoms with Gasteiger partial charge in [-0.15, -0.1) is 0 Å². The summed E-state index contributed by atoms with van der Waals surface area (Å²) in [5.41, 5.74) is 1.65. The van der Waals surface area contributed by atoms with Crippen molar-refractivity contribution in [3.8, 4) is 17.1 Å². The Morgan fingerprint density at radius 1 is 1.25 bits per heavy atom. The molecule has 0 aliphatic rings. The summed E-state index contributed by atoms with van der Waals surface area (Å²) in [6, 6.07) is 9.88. The second-order valence-corrected chi connectivity index (χ2v) is 5.17. The zero-order valence-electron chi connectivity index (χ0n) is 13.0. The van der Waals surface area contributed by atoms with Gasteiger partial charge in [0.05, 0.1) is 17.5 Å². The van der Waals surface area contributed by atoms with Crippen LogP contribution in [0.25, 0.3) is 22.3 Å². The number of carbonyl (C=O) groups excluding carboxylic acids is 1. The summed E-state index contributed by atoms with van der Waals surface area (Å²) in [5.74, 6) is 0.520. The predicted molar refractivity (Wildman–Crippen MR) is 88.2 cm³/mol. The Kier molecular flexibility index (Phi) is 3.91. The number of nitro benzene ring substituents is 1. The molecular weight excluding hydrogens is 310 g/mol. The number of rotatable bonds is 4. The van der Waals surface area contributed by atoms with Crippen molar-refractivity contribution >= 4 is 22.4 Å². The lowest BCUT2D eigenvalue weighted by Crippen LogP contribution is -1.97. The molecule has 3 aromatic rings. The van der Waals surface area contributed by atoms with Crippen LogP contribution in [0.4, 0.5) is 5.69 Å². The van der Waals surface area contributed by atoms with Crippen molar-refractivity contribution in [2.45, 2.75) is 6.92 Å². The number of aromatic nitrogens is 2. The highest BCUT2D eigenvalue weighted by Crippen LogP contribution is 2.31. The monoisotopic (exact) mass is 323 g/mol. The molecule has 0 atom stereocenters. The quantitative estimate of drug-likeness (QED) is 0.415. The molecule has 0 amide bonds. The van der Waals surface area contributed by atoms with Crippen LogP contribution in [-0.2, 0) is 0 Å². The van der Waals surface area contributed by atoms with Crippen LogP contribution < -0.4 is 4.74 Å². The molecule has 0 unspecified atom stereocenters. The molecule has 120 valence electrons. The van der Waals surface area contributed by atoms with Gasteiger partial charge in [-0.2, -0.15) is 0 Å². The van der Waals surface area contributed by atoms with E-state index in [9.17, 15) is 14.9 Å². The molecule has 0 N–H and O–H groups in total. The Balaban J connectivity index is 2.15. The highest BCUT2D eigenvalue weighted by atomic mass is 16.6. The van der Waals surface area contributed by atoms with E-state index in [1.54, 1.807) is 24.3 Å². The van der Waals surface area contributed by atoms with Gasteiger partial charge in [-0.3, -0.25) is 14.9 Å². The normalized spacial score (nSPS) is 10.6. The summed E-state index contributed by atoms with van der Waals surface area (Å²) >= 11 is 0. The maximum absolute atomic E-state index is 11.5.